The molecular weight excluding hydrogens is 731 g/mol. The van der Waals surface area contributed by atoms with Crippen LogP contribution in [0, 0.1) is 20.7 Å². The summed E-state index contributed by atoms with van der Waals surface area (Å²) in [7, 11) is 1.59. The predicted molar refractivity (Wildman–Crippen MR) is 251 cm³/mol. The fourth-order valence-corrected chi connectivity index (χ4v) is 7.82. The van der Waals surface area contributed by atoms with Crippen LogP contribution in [0.25, 0.3) is 83.9 Å². The molecule has 0 radical (unpaired) electrons. The maximum atomic E-state index is 9.13. The average Bonchev–Trinajstić information content (AvgIpc) is 3.76. The molecule has 0 aliphatic carbocycles. The maximum Gasteiger partial charge on any atom is 0.149 e. The molecule has 0 spiro atoms. The van der Waals surface area contributed by atoms with Crippen LogP contribution in [-0.2, 0) is 5.41 Å². The Balaban J connectivity index is 1.30. The van der Waals surface area contributed by atoms with Crippen molar-refractivity contribution in [3.05, 3.63) is 192 Å². The number of imidazole rings is 1. The summed E-state index contributed by atoms with van der Waals surface area (Å²) in [5, 5.41) is 0. The first-order valence-corrected chi connectivity index (χ1v) is 19.3. The van der Waals surface area contributed by atoms with Gasteiger partial charge in [0.15, 0.2) is 0 Å². The zero-order chi connectivity index (χ0) is 55.0. The minimum Gasteiger partial charge on any atom is -0.496 e. The number of aromatic nitrogens is 3. The Kier molecular flexibility index (Phi) is 6.28. The van der Waals surface area contributed by atoms with E-state index >= 15 is 0 Å². The van der Waals surface area contributed by atoms with Gasteiger partial charge in [0.25, 0.3) is 0 Å². The van der Waals surface area contributed by atoms with Crippen LogP contribution >= 0.6 is 0 Å². The smallest absolute Gasteiger partial charge is 0.149 e. The molecule has 0 saturated heterocycles. The summed E-state index contributed by atoms with van der Waals surface area (Å²) < 4.78 is 144. The van der Waals surface area contributed by atoms with Gasteiger partial charge in [-0.2, -0.15) is 0 Å². The number of aryl methyl sites for hydroxylation is 3. The number of nitrogens with zero attached hydrogens (tertiary/aromatic N) is 3. The molecule has 9 rings (SSSR count). The van der Waals surface area contributed by atoms with Gasteiger partial charge in [0.1, 0.15) is 11.6 Å². The van der Waals surface area contributed by atoms with Gasteiger partial charge in [0.2, 0.25) is 0 Å². The van der Waals surface area contributed by atoms with Crippen molar-refractivity contribution in [3.63, 3.8) is 0 Å². The van der Waals surface area contributed by atoms with Crippen LogP contribution < -0.4 is 4.74 Å². The molecule has 0 bridgehead atoms. The summed E-state index contributed by atoms with van der Waals surface area (Å²) >= 11 is 0. The lowest BCUT2D eigenvalue weighted by Crippen LogP contribution is -2.10. The highest BCUT2D eigenvalue weighted by molar-refractivity contribution is 5.98. The van der Waals surface area contributed by atoms with Crippen molar-refractivity contribution in [2.75, 3.05) is 7.11 Å². The first-order valence-electron chi connectivity index (χ1n) is 27.3. The van der Waals surface area contributed by atoms with E-state index in [2.05, 4.69) is 0 Å². The Hall–Kier alpha value is -7.04. The van der Waals surface area contributed by atoms with Crippen molar-refractivity contribution >= 4 is 11.0 Å². The molecule has 2 heterocycles. The van der Waals surface area contributed by atoms with Crippen LogP contribution in [0.15, 0.2) is 170 Å². The van der Waals surface area contributed by atoms with Crippen molar-refractivity contribution in [1.82, 2.24) is 14.5 Å². The summed E-state index contributed by atoms with van der Waals surface area (Å²) in [5.41, 5.74) is 4.44. The lowest BCUT2D eigenvalue weighted by Gasteiger charge is -2.19. The van der Waals surface area contributed by atoms with E-state index in [1.807, 2.05) is 134 Å². The van der Waals surface area contributed by atoms with Gasteiger partial charge in [-0.3, -0.25) is 9.55 Å². The highest BCUT2D eigenvalue weighted by Gasteiger charge is 2.23. The monoisotopic (exact) mass is 795 g/mol. The van der Waals surface area contributed by atoms with E-state index in [0.717, 1.165) is 27.8 Å². The molecule has 2 aromatic heterocycles. The summed E-state index contributed by atoms with van der Waals surface area (Å²) in [6.07, 6.45) is 1.40. The second-order valence-electron chi connectivity index (χ2n) is 14.8. The van der Waals surface area contributed by atoms with Gasteiger partial charge in [-0.15, -0.1) is 0 Å². The summed E-state index contributed by atoms with van der Waals surface area (Å²) in [5.74, 6) is 1.07. The molecule has 9 aromatic rings. The fraction of sp³-hybridized carbons (Fsp3) is 0.143. The van der Waals surface area contributed by atoms with E-state index in [4.69, 9.17) is 36.6 Å². The molecule has 0 aliphatic rings. The Labute approximate surface area is 376 Å². The molecule has 0 fully saturated rings. The fourth-order valence-electron chi connectivity index (χ4n) is 7.82. The summed E-state index contributed by atoms with van der Waals surface area (Å²) in [4.78, 5) is 10.1. The van der Waals surface area contributed by atoms with Gasteiger partial charge in [-0.1, -0.05) is 130 Å². The number of pyridine rings is 1. The number of benzene rings is 7. The Morgan fingerprint density at radius 3 is 1.98 bits per heavy atom. The number of fused-ring (bicyclic) bond motifs is 1. The number of rotatable bonds is 8. The zero-order valence-electron chi connectivity index (χ0n) is 49.1. The predicted octanol–water partition coefficient (Wildman–Crippen LogP) is 14.7. The van der Waals surface area contributed by atoms with E-state index in [-0.39, 0.29) is 16.7 Å². The van der Waals surface area contributed by atoms with Crippen molar-refractivity contribution < 1.29 is 26.7 Å². The molecule has 4 heteroatoms. The van der Waals surface area contributed by atoms with E-state index in [0.29, 0.717) is 61.8 Å². The Morgan fingerprint density at radius 2 is 1.28 bits per heavy atom. The van der Waals surface area contributed by atoms with Gasteiger partial charge in [0.05, 0.1) is 34.9 Å². The number of methoxy groups -OCH3 is 1. The minimum absolute atomic E-state index is 0.101. The van der Waals surface area contributed by atoms with Crippen LogP contribution in [0.1, 0.15) is 64.7 Å². The van der Waals surface area contributed by atoms with Gasteiger partial charge in [-0.25, -0.2) is 4.98 Å². The van der Waals surface area contributed by atoms with E-state index in [9.17, 15) is 0 Å². The first-order chi connectivity index (χ1) is 35.7. The topological polar surface area (TPSA) is 39.9 Å². The minimum atomic E-state index is -3.83. The molecule has 0 atom stereocenters. The lowest BCUT2D eigenvalue weighted by molar-refractivity contribution is 0.413. The molecular formula is C56H49N3O. The van der Waals surface area contributed by atoms with Gasteiger partial charge in [-0.05, 0) is 142 Å². The quantitative estimate of drug-likeness (QED) is 0.154. The molecule has 0 N–H and O–H groups in total. The van der Waals surface area contributed by atoms with Gasteiger partial charge < -0.3 is 4.74 Å². The van der Waals surface area contributed by atoms with Crippen LogP contribution in [-0.4, -0.2) is 21.6 Å². The number of hydrogen-bond donors (Lipinski definition) is 0. The average molecular weight is 796 g/mol. The van der Waals surface area contributed by atoms with Crippen LogP contribution in [0.4, 0.5) is 0 Å². The third-order valence-corrected chi connectivity index (χ3v) is 10.5. The molecule has 0 aliphatic heterocycles. The van der Waals surface area contributed by atoms with E-state index in [1.165, 1.54) is 18.3 Å². The number of ether oxygens (including phenoxy) is 1. The van der Waals surface area contributed by atoms with Crippen LogP contribution in [0.5, 0.6) is 5.75 Å². The highest BCUT2D eigenvalue weighted by Crippen LogP contribution is 2.42. The largest absolute Gasteiger partial charge is 0.496 e. The molecule has 294 valence electrons. The van der Waals surface area contributed by atoms with Gasteiger partial charge in [0, 0.05) is 39.5 Å². The van der Waals surface area contributed by atoms with Crippen molar-refractivity contribution in [1.29, 1.82) is 0 Å². The van der Waals surface area contributed by atoms with Crippen molar-refractivity contribution in [2.45, 2.75) is 46.7 Å². The standard InChI is InChI=1S/C56H49N3O/c1-36-27-38(3)54(60-7)50(30-36)55-58-53-49(19-14-20-52(53)59(55)48-29-37(2)28-43(34-48)39-15-10-8-11-16-39)45-31-44(40-17-12-9-13-18-40)32-46(33-45)51-35-42(25-26-57-51)41-21-23-47(24-22-41)56(4,5)6/h8-35H,1-7H3/i2D3,4D3,5D3,6D3,21D,22D,23D,24D. The number of hydrogen-bond acceptors (Lipinski definition) is 3. The first kappa shape index (κ1) is 24.1. The normalized spacial score (nSPS) is 16.3. The molecule has 7 aromatic carbocycles. The lowest BCUT2D eigenvalue weighted by atomic mass is 9.86. The Bertz CT molecular complexity index is 3650. The molecule has 60 heavy (non-hydrogen) atoms. The third-order valence-electron chi connectivity index (χ3n) is 10.5. The van der Waals surface area contributed by atoms with Crippen LogP contribution in [0.3, 0.4) is 0 Å². The van der Waals surface area contributed by atoms with Crippen molar-refractivity contribution in [3.8, 4) is 78.6 Å². The number of para-hydroxylation sites is 1. The van der Waals surface area contributed by atoms with Crippen molar-refractivity contribution in [2.24, 2.45) is 0 Å². The maximum absolute atomic E-state index is 9.13. The third kappa shape index (κ3) is 7.42. The van der Waals surface area contributed by atoms with Gasteiger partial charge >= 0.3 is 0 Å². The Morgan fingerprint density at radius 1 is 0.583 bits per heavy atom. The molecule has 0 unspecified atom stereocenters. The molecule has 4 nitrogen and oxygen atoms in total. The summed E-state index contributed by atoms with van der Waals surface area (Å²) in [6, 6.07) is 39.0. The SMILES string of the molecule is [2H]c1c([2H])c(C(C([2H])([2H])[2H])(C([2H])([2H])[2H])C([2H])([2H])[2H])c([2H])c([2H])c1-c1ccnc(-c2cc(-c3ccccc3)cc(-c3cccc4c3nc(-c3cc(C)cc(C)c3OC)n4-c3cc(-c4ccccc4)cc(C([2H])([2H])[2H])c3)c2)c1. The molecule has 0 saturated carbocycles. The summed E-state index contributed by atoms with van der Waals surface area (Å²) in [6.45, 7) is -10.0. The van der Waals surface area contributed by atoms with E-state index < -0.39 is 62.6 Å². The second-order valence-corrected chi connectivity index (χ2v) is 14.8. The van der Waals surface area contributed by atoms with E-state index in [1.54, 1.807) is 19.2 Å². The van der Waals surface area contributed by atoms with Crippen LogP contribution in [0.2, 0.25) is 0 Å². The zero-order valence-corrected chi connectivity index (χ0v) is 33.1. The second kappa shape index (κ2) is 15.6. The highest BCUT2D eigenvalue weighted by atomic mass is 16.5. The molecule has 0 amide bonds.